The summed E-state index contributed by atoms with van der Waals surface area (Å²) in [6.45, 7) is 2.75. The predicted octanol–water partition coefficient (Wildman–Crippen LogP) is 4.37. The summed E-state index contributed by atoms with van der Waals surface area (Å²) in [7, 11) is 0. The normalized spacial score (nSPS) is 10.4. The van der Waals surface area contributed by atoms with E-state index in [1.54, 1.807) is 18.5 Å². The molecule has 0 saturated carbocycles. The predicted molar refractivity (Wildman–Crippen MR) is 76.8 cm³/mol. The van der Waals surface area contributed by atoms with E-state index in [-0.39, 0.29) is 0 Å². The van der Waals surface area contributed by atoms with Gasteiger partial charge in [-0.25, -0.2) is 4.98 Å². The lowest BCUT2D eigenvalue weighted by Crippen LogP contribution is -2.00. The van der Waals surface area contributed by atoms with Crippen molar-refractivity contribution in [1.29, 1.82) is 0 Å². The van der Waals surface area contributed by atoms with E-state index >= 15 is 0 Å². The summed E-state index contributed by atoms with van der Waals surface area (Å²) in [5.74, 6) is 0.653. The lowest BCUT2D eigenvalue weighted by atomic mass is 10.4. The number of nitrogens with zero attached hydrogens (tertiary/aromatic N) is 2. The van der Waals surface area contributed by atoms with Crippen molar-refractivity contribution in [3.05, 3.63) is 40.6 Å². The highest BCUT2D eigenvalue weighted by atomic mass is 35.5. The zero-order valence-electron chi connectivity index (χ0n) is 9.65. The number of rotatable bonds is 4. The minimum Gasteiger partial charge on any atom is -0.369 e. The van der Waals surface area contributed by atoms with E-state index in [0.717, 1.165) is 16.5 Å². The maximum absolute atomic E-state index is 6.14. The number of anilines is 1. The summed E-state index contributed by atoms with van der Waals surface area (Å²) >= 11 is 13.7. The van der Waals surface area contributed by atoms with Crippen LogP contribution in [0.1, 0.15) is 6.92 Å². The van der Waals surface area contributed by atoms with Gasteiger partial charge in [0, 0.05) is 23.8 Å². The van der Waals surface area contributed by atoms with Crippen molar-refractivity contribution in [2.45, 2.75) is 16.8 Å². The molecule has 0 spiro atoms. The average Bonchev–Trinajstić information content (AvgIpc) is 2.37. The van der Waals surface area contributed by atoms with Crippen LogP contribution in [0.15, 0.2) is 40.5 Å². The van der Waals surface area contributed by atoms with Gasteiger partial charge in [-0.2, -0.15) is 0 Å². The molecule has 0 aliphatic carbocycles. The first kappa shape index (κ1) is 13.5. The van der Waals surface area contributed by atoms with E-state index in [0.29, 0.717) is 15.9 Å². The summed E-state index contributed by atoms with van der Waals surface area (Å²) in [4.78, 5) is 9.43. The molecule has 0 atom stereocenters. The molecule has 0 aromatic carbocycles. The molecule has 0 aliphatic heterocycles. The number of pyridine rings is 2. The van der Waals surface area contributed by atoms with Gasteiger partial charge in [-0.05, 0) is 25.1 Å². The Morgan fingerprint density at radius 3 is 2.61 bits per heavy atom. The van der Waals surface area contributed by atoms with Crippen LogP contribution in [0.4, 0.5) is 5.82 Å². The summed E-state index contributed by atoms with van der Waals surface area (Å²) in [6.07, 6.45) is 3.47. The van der Waals surface area contributed by atoms with Gasteiger partial charge in [0.15, 0.2) is 0 Å². The monoisotopic (exact) mass is 299 g/mol. The largest absolute Gasteiger partial charge is 0.369 e. The second-order valence-electron chi connectivity index (χ2n) is 3.42. The fourth-order valence-electron chi connectivity index (χ4n) is 1.33. The van der Waals surface area contributed by atoms with Gasteiger partial charge in [-0.3, -0.25) is 4.98 Å². The second kappa shape index (κ2) is 6.27. The SMILES string of the molecule is CCNc1nc(Sc2ccncc2)c(Cl)cc1Cl. The van der Waals surface area contributed by atoms with Crippen LogP contribution in [0.3, 0.4) is 0 Å². The van der Waals surface area contributed by atoms with Crippen molar-refractivity contribution in [3.63, 3.8) is 0 Å². The fourth-order valence-corrected chi connectivity index (χ4v) is 2.65. The molecular weight excluding hydrogens is 289 g/mol. The Labute approximate surface area is 120 Å². The van der Waals surface area contributed by atoms with E-state index in [1.807, 2.05) is 19.1 Å². The Kier molecular flexibility index (Phi) is 4.69. The second-order valence-corrected chi connectivity index (χ2v) is 5.30. The van der Waals surface area contributed by atoms with E-state index in [1.165, 1.54) is 11.8 Å². The molecule has 0 saturated heterocycles. The number of nitrogens with one attached hydrogen (secondary N) is 1. The van der Waals surface area contributed by atoms with Crippen LogP contribution >= 0.6 is 35.0 Å². The number of halogens is 2. The van der Waals surface area contributed by atoms with Crippen molar-refractivity contribution in [2.24, 2.45) is 0 Å². The Morgan fingerprint density at radius 2 is 1.94 bits per heavy atom. The van der Waals surface area contributed by atoms with Crippen molar-refractivity contribution in [2.75, 3.05) is 11.9 Å². The summed E-state index contributed by atoms with van der Waals surface area (Å²) in [5, 5.41) is 4.90. The van der Waals surface area contributed by atoms with Crippen LogP contribution in [0.2, 0.25) is 10.0 Å². The first-order valence-electron chi connectivity index (χ1n) is 5.38. The maximum Gasteiger partial charge on any atom is 0.146 e. The highest BCUT2D eigenvalue weighted by Crippen LogP contribution is 2.35. The summed E-state index contributed by atoms with van der Waals surface area (Å²) < 4.78 is 0. The highest BCUT2D eigenvalue weighted by molar-refractivity contribution is 7.99. The molecule has 18 heavy (non-hydrogen) atoms. The van der Waals surface area contributed by atoms with E-state index in [9.17, 15) is 0 Å². The van der Waals surface area contributed by atoms with Gasteiger partial charge in [-0.15, -0.1) is 0 Å². The van der Waals surface area contributed by atoms with Crippen LogP contribution in [0.25, 0.3) is 0 Å². The van der Waals surface area contributed by atoms with Gasteiger partial charge in [0.2, 0.25) is 0 Å². The molecule has 2 rings (SSSR count). The molecule has 2 aromatic heterocycles. The molecule has 2 aromatic rings. The fraction of sp³-hybridized carbons (Fsp3) is 0.167. The van der Waals surface area contributed by atoms with Crippen LogP contribution in [-0.2, 0) is 0 Å². The molecule has 2 heterocycles. The Hall–Kier alpha value is -0.970. The molecule has 0 unspecified atom stereocenters. The molecule has 3 nitrogen and oxygen atoms in total. The van der Waals surface area contributed by atoms with E-state index < -0.39 is 0 Å². The van der Waals surface area contributed by atoms with Gasteiger partial charge in [0.25, 0.3) is 0 Å². The lowest BCUT2D eigenvalue weighted by Gasteiger charge is -2.09. The Balaban J connectivity index is 2.30. The highest BCUT2D eigenvalue weighted by Gasteiger charge is 2.10. The third kappa shape index (κ3) is 3.28. The number of hydrogen-bond donors (Lipinski definition) is 1. The molecule has 6 heteroatoms. The van der Waals surface area contributed by atoms with Gasteiger partial charge >= 0.3 is 0 Å². The molecule has 0 aliphatic rings. The van der Waals surface area contributed by atoms with Crippen LogP contribution < -0.4 is 5.32 Å². The van der Waals surface area contributed by atoms with Gasteiger partial charge < -0.3 is 5.32 Å². The van der Waals surface area contributed by atoms with Crippen molar-refractivity contribution in [1.82, 2.24) is 9.97 Å². The van der Waals surface area contributed by atoms with E-state index in [4.69, 9.17) is 23.2 Å². The molecular formula is C12H11Cl2N3S. The molecule has 0 fully saturated rings. The third-order valence-electron chi connectivity index (χ3n) is 2.11. The van der Waals surface area contributed by atoms with Crippen LogP contribution in [0, 0.1) is 0 Å². The zero-order chi connectivity index (χ0) is 13.0. The van der Waals surface area contributed by atoms with Crippen molar-refractivity contribution >= 4 is 40.8 Å². The van der Waals surface area contributed by atoms with Gasteiger partial charge in [0.05, 0.1) is 10.0 Å². The molecule has 1 N–H and O–H groups in total. The summed E-state index contributed by atoms with van der Waals surface area (Å²) in [6, 6.07) is 5.52. The standard InChI is InChI=1S/C12H11Cl2N3S/c1-2-16-11-9(13)7-10(14)12(17-11)18-8-3-5-15-6-4-8/h3-7H,2H2,1H3,(H,16,17). The van der Waals surface area contributed by atoms with Crippen molar-refractivity contribution in [3.8, 4) is 0 Å². The Bertz CT molecular complexity index is 534. The Morgan fingerprint density at radius 1 is 1.22 bits per heavy atom. The average molecular weight is 300 g/mol. The van der Waals surface area contributed by atoms with Crippen LogP contribution in [0.5, 0.6) is 0 Å². The molecule has 0 radical (unpaired) electrons. The first-order chi connectivity index (χ1) is 8.70. The molecule has 0 bridgehead atoms. The molecule has 0 amide bonds. The minimum absolute atomic E-state index is 0.529. The first-order valence-corrected chi connectivity index (χ1v) is 6.95. The zero-order valence-corrected chi connectivity index (χ0v) is 12.0. The lowest BCUT2D eigenvalue weighted by molar-refractivity contribution is 1.08. The van der Waals surface area contributed by atoms with E-state index in [2.05, 4.69) is 15.3 Å². The minimum atomic E-state index is 0.529. The summed E-state index contributed by atoms with van der Waals surface area (Å²) in [5.41, 5.74) is 0. The van der Waals surface area contributed by atoms with Gasteiger partial charge in [0.1, 0.15) is 10.8 Å². The van der Waals surface area contributed by atoms with Crippen molar-refractivity contribution < 1.29 is 0 Å². The smallest absolute Gasteiger partial charge is 0.146 e. The number of hydrogen-bond acceptors (Lipinski definition) is 4. The molecule has 94 valence electrons. The number of aromatic nitrogens is 2. The van der Waals surface area contributed by atoms with Crippen LogP contribution in [-0.4, -0.2) is 16.5 Å². The quantitative estimate of drug-likeness (QED) is 0.910. The maximum atomic E-state index is 6.14. The van der Waals surface area contributed by atoms with Gasteiger partial charge in [-0.1, -0.05) is 35.0 Å². The third-order valence-corrected chi connectivity index (χ3v) is 3.81. The topological polar surface area (TPSA) is 37.8 Å².